The van der Waals surface area contributed by atoms with E-state index in [0.717, 1.165) is 73.7 Å². The number of H-pyrrole nitrogens is 3. The molecule has 8 aromatic carbocycles. The van der Waals surface area contributed by atoms with Gasteiger partial charge in [-0.15, -0.1) is 26.9 Å². The van der Waals surface area contributed by atoms with Gasteiger partial charge < -0.3 is 20.1 Å². The molecule has 3 aromatic heterocycles. The molecule has 21 nitrogen and oxygen atoms in total. The van der Waals surface area contributed by atoms with E-state index in [2.05, 4.69) is 166 Å². The molecule has 95 heavy (non-hydrogen) atoms. The first-order chi connectivity index (χ1) is 46.0. The van der Waals surface area contributed by atoms with Crippen LogP contribution in [0.1, 0.15) is 111 Å². The third-order valence-corrected chi connectivity index (χ3v) is 18.3. The number of hydrogen-bond acceptors (Lipinski definition) is 16. The van der Waals surface area contributed by atoms with Crippen molar-refractivity contribution in [2.45, 2.75) is 99.2 Å². The van der Waals surface area contributed by atoms with Gasteiger partial charge in [0, 0.05) is 21.5 Å². The molecule has 0 radical (unpaired) electrons. The average molecular weight is 1440 g/mol. The molecule has 0 saturated heterocycles. The number of nitrogens with zero attached hydrogens (tertiary/aromatic N) is 7. The predicted molar refractivity (Wildman–Crippen MR) is 384 cm³/mol. The van der Waals surface area contributed by atoms with Gasteiger partial charge in [0.1, 0.15) is 11.7 Å². The van der Waals surface area contributed by atoms with Gasteiger partial charge in [0.05, 0.1) is 39.4 Å². The van der Waals surface area contributed by atoms with E-state index in [9.17, 15) is 28.8 Å². The van der Waals surface area contributed by atoms with Gasteiger partial charge in [0.2, 0.25) is 9.50 Å². The summed E-state index contributed by atoms with van der Waals surface area (Å²) in [5.74, 6) is 7.55. The molecular formula is C68H66BrClN12O9S4. The number of Topliss-reactive ketones (excluding diaryl/α,β-unsaturated/α-hetero) is 1. The van der Waals surface area contributed by atoms with Crippen molar-refractivity contribution in [3.05, 3.63) is 198 Å². The Morgan fingerprint density at radius 3 is 1.27 bits per heavy atom. The summed E-state index contributed by atoms with van der Waals surface area (Å²) in [4.78, 5) is 68.7. The summed E-state index contributed by atoms with van der Waals surface area (Å²) in [5.41, 5.74) is 8.37. The molecule has 490 valence electrons. The van der Waals surface area contributed by atoms with E-state index in [4.69, 9.17) is 39.1 Å². The quantitative estimate of drug-likeness (QED) is 0.0118. The van der Waals surface area contributed by atoms with Crippen LogP contribution in [0.4, 0.5) is 5.69 Å². The molecule has 10 N–H and O–H groups in total. The molecule has 27 heteroatoms. The Kier molecular flexibility index (Phi) is 24.6. The molecule has 0 unspecified atom stereocenters. The molecule has 4 aliphatic rings. The van der Waals surface area contributed by atoms with Crippen molar-refractivity contribution in [2.75, 3.05) is 17.4 Å². The van der Waals surface area contributed by atoms with E-state index in [1.807, 2.05) is 65.2 Å². The van der Waals surface area contributed by atoms with Gasteiger partial charge in [-0.25, -0.2) is 28.9 Å². The number of nitrogens with one attached hydrogen (secondary N) is 3. The topological polar surface area (TPSA) is 328 Å². The Morgan fingerprint density at radius 1 is 0.547 bits per heavy atom. The first kappa shape index (κ1) is 70.6. The second-order valence-electron chi connectivity index (χ2n) is 22.4. The smallest absolute Gasteiger partial charge is 0.348 e. The number of isothiocyanates is 1. The van der Waals surface area contributed by atoms with Gasteiger partial charge in [-0.3, -0.25) is 35.7 Å². The van der Waals surface area contributed by atoms with Gasteiger partial charge in [-0.1, -0.05) is 145 Å². The summed E-state index contributed by atoms with van der Waals surface area (Å²) in [6, 6.07) is 49.5. The van der Waals surface area contributed by atoms with Crippen LogP contribution in [0.5, 0.6) is 0 Å². The van der Waals surface area contributed by atoms with Crippen LogP contribution < -0.4 is 23.1 Å². The number of carbonyl (C=O) groups is 4. The lowest BCUT2D eigenvalue weighted by atomic mass is 9.99. The van der Waals surface area contributed by atoms with Gasteiger partial charge >= 0.3 is 29.3 Å². The van der Waals surface area contributed by atoms with Crippen LogP contribution in [0.3, 0.4) is 0 Å². The predicted octanol–water partition coefficient (Wildman–Crippen LogP) is 14.4. The standard InChI is InChI=1S/C17H14BrN3O2S.C17H15N3O3S.C15H13N3OS.C14H11NS.C3H6O.C2H3ClO2.H4N2/c18-16-19-20-17(24-9-15(22)23)21(16)14-8-7-11(10-5-6-10)12-3-1-2-4-13(12)14;21-15(22)9-24-17-19-18-16(23)20(17)14-8-7-11(10-5-6-10)12-3-1-2-4-13(12)14;19-14-16-17-15(20)18(14)13-8-7-10(9-5-6-9)11-3-1-2-4-12(11)13;16-9-15-14-8-7-11(10-5-6-10)12-3-1-2-4-13(12)14;1-3(2)4;3-1-2(4)5;1-2/h1-4,7-8,10H,5-6,9H2,(H,22,23);1-4,7-8,10H,5-6,9H2,(H,18,23)(H,21,22);1-4,7-9H,5-6H2,(H,16,19)(H,17,20);1-4,7-8,10H,5-6H2;1-2H3;1H2,(H,4,5);1-2H2. The maximum atomic E-state index is 12.2. The second-order valence-corrected chi connectivity index (χ2v) is 25.8. The number of carboxylic acids is 3. The lowest BCUT2D eigenvalue weighted by Crippen LogP contribution is -2.16. The Morgan fingerprint density at radius 2 is 0.905 bits per heavy atom. The maximum Gasteiger partial charge on any atom is 0.348 e. The van der Waals surface area contributed by atoms with Crippen molar-refractivity contribution in [3.8, 4) is 17.1 Å². The molecule has 15 rings (SSSR count). The number of aromatic nitrogens is 9. The number of alkyl halides is 1. The Labute approximate surface area is 576 Å². The van der Waals surface area contributed by atoms with Crippen molar-refractivity contribution >= 4 is 153 Å². The second kappa shape index (κ2) is 33.1. The molecule has 4 aliphatic carbocycles. The highest BCUT2D eigenvalue weighted by Crippen LogP contribution is 2.48. The van der Waals surface area contributed by atoms with Crippen molar-refractivity contribution in [2.24, 2.45) is 16.7 Å². The zero-order chi connectivity index (χ0) is 67.9. The minimum atomic E-state index is -0.980. The highest BCUT2D eigenvalue weighted by Gasteiger charge is 2.30. The minimum absolute atomic E-state index is 0.0524. The summed E-state index contributed by atoms with van der Waals surface area (Å²) in [6.45, 7) is 3.06. The Hall–Kier alpha value is -8.69. The Balaban J connectivity index is 0.000000142. The molecule has 0 atom stereocenters. The number of aliphatic imine (C=N–C) groups is 1. The molecule has 11 aromatic rings. The monoisotopic (exact) mass is 1440 g/mol. The van der Waals surface area contributed by atoms with Crippen molar-refractivity contribution < 1.29 is 34.5 Å². The van der Waals surface area contributed by atoms with E-state index < -0.39 is 17.9 Å². The number of aliphatic carboxylic acids is 3. The summed E-state index contributed by atoms with van der Waals surface area (Å²) in [5, 5.41) is 57.8. The number of nitrogens with two attached hydrogens (primary N) is 2. The van der Waals surface area contributed by atoms with Crippen molar-refractivity contribution in [1.29, 1.82) is 0 Å². The largest absolute Gasteiger partial charge is 0.481 e. The van der Waals surface area contributed by atoms with Gasteiger partial charge in [-0.05, 0) is 197 Å². The number of halogens is 2. The lowest BCUT2D eigenvalue weighted by Gasteiger charge is -2.13. The summed E-state index contributed by atoms with van der Waals surface area (Å²) in [6.07, 6.45) is 10.1. The van der Waals surface area contributed by atoms with Crippen LogP contribution in [0.15, 0.2) is 175 Å². The van der Waals surface area contributed by atoms with E-state index in [1.54, 1.807) is 0 Å². The number of carboxylic acid groups (broad SMARTS) is 3. The molecule has 0 spiro atoms. The van der Waals surface area contributed by atoms with E-state index in [1.165, 1.54) is 118 Å². The molecule has 0 aliphatic heterocycles. The van der Waals surface area contributed by atoms with Crippen LogP contribution in [-0.4, -0.2) is 106 Å². The average Bonchev–Trinajstić information content (AvgIpc) is 1.67. The van der Waals surface area contributed by atoms with Crippen LogP contribution >= 0.6 is 75.5 Å². The van der Waals surface area contributed by atoms with Crippen LogP contribution in [0, 0.1) is 4.77 Å². The van der Waals surface area contributed by atoms with Crippen molar-refractivity contribution in [3.63, 3.8) is 0 Å². The number of carbonyl (C=O) groups excluding carboxylic acids is 1. The highest BCUT2D eigenvalue weighted by atomic mass is 79.9. The number of thioether (sulfide) groups is 2. The summed E-state index contributed by atoms with van der Waals surface area (Å²) in [7, 11) is 0. The fourth-order valence-electron chi connectivity index (χ4n) is 10.9. The number of fused-ring (bicyclic) bond motifs is 4. The van der Waals surface area contributed by atoms with Gasteiger partial charge in [0.15, 0.2) is 10.3 Å². The van der Waals surface area contributed by atoms with Crippen LogP contribution in [0.2, 0.25) is 0 Å². The van der Waals surface area contributed by atoms with E-state index in [0.29, 0.717) is 37.6 Å². The highest BCUT2D eigenvalue weighted by molar-refractivity contribution is 9.10. The number of hydrazine groups is 1. The number of thiocarbonyl (C=S) groups is 1. The summed E-state index contributed by atoms with van der Waals surface area (Å²) >= 11 is 20.2. The lowest BCUT2D eigenvalue weighted by molar-refractivity contribution is -0.135. The number of rotatable bonds is 15. The molecular weight excluding hydrogens is 1370 g/mol. The number of hydrogen-bond donors (Lipinski definition) is 8. The fourth-order valence-corrected chi connectivity index (χ4v) is 13.1. The molecule has 0 bridgehead atoms. The number of aromatic amines is 3. The zero-order valence-corrected chi connectivity index (χ0v) is 57.0. The minimum Gasteiger partial charge on any atom is -0.481 e. The third kappa shape index (κ3) is 18.0. The van der Waals surface area contributed by atoms with E-state index >= 15 is 0 Å². The first-order valence-corrected chi connectivity index (χ1v) is 34.2. The molecule has 4 fully saturated rings. The number of ketones is 1. The fraction of sp³-hybridized carbons (Fsp3) is 0.250. The van der Waals surface area contributed by atoms with E-state index in [-0.39, 0.29) is 34.5 Å². The molecule has 4 saturated carbocycles. The zero-order valence-electron chi connectivity index (χ0n) is 51.4. The normalized spacial score (nSPS) is 13.5. The van der Waals surface area contributed by atoms with Gasteiger partial charge in [-0.2, -0.15) is 4.99 Å². The SMILES string of the molecule is CC(C)=O.NN.O=C(O)CCl.O=C(O)CSc1n[nH]c(=O)n1-c1ccc(C2CC2)c2ccccc12.O=C(O)CSc1nnc(Br)n1-c1ccc(C2CC2)c2ccccc12.O=c1[nH][nH]c(=S)n1-c1ccc(C2CC2)c2ccccc12.S=C=Nc1ccc(C2CC2)c2ccccc12. The Bertz CT molecular complexity index is 4820. The van der Waals surface area contributed by atoms with Crippen LogP contribution in [-0.2, 0) is 19.2 Å². The molecule has 0 amide bonds. The first-order valence-electron chi connectivity index (χ1n) is 30.1. The maximum absolute atomic E-state index is 12.2. The molecule has 3 heterocycles. The third-order valence-electron chi connectivity index (χ3n) is 15.4. The van der Waals surface area contributed by atoms with Gasteiger partial charge in [0.25, 0.3) is 0 Å². The number of benzene rings is 8. The van der Waals surface area contributed by atoms with Crippen molar-refractivity contribution in [1.82, 2.24) is 44.3 Å². The van der Waals surface area contributed by atoms with Crippen LogP contribution in [0.25, 0.3) is 60.2 Å². The summed E-state index contributed by atoms with van der Waals surface area (Å²) < 4.78 is 5.78.